The van der Waals surface area contributed by atoms with Crippen LogP contribution in [-0.4, -0.2) is 20.1 Å². The van der Waals surface area contributed by atoms with Gasteiger partial charge in [0, 0.05) is 16.2 Å². The van der Waals surface area contributed by atoms with E-state index in [1.165, 1.54) is 26.4 Å². The van der Waals surface area contributed by atoms with Crippen LogP contribution in [-0.2, 0) is 0 Å². The predicted octanol–water partition coefficient (Wildman–Crippen LogP) is 3.86. The summed E-state index contributed by atoms with van der Waals surface area (Å²) in [4.78, 5) is 12.2. The summed E-state index contributed by atoms with van der Waals surface area (Å²) >= 11 is 3.17. The lowest BCUT2D eigenvalue weighted by Crippen LogP contribution is -2.14. The first-order valence-corrected chi connectivity index (χ1v) is 6.83. The van der Waals surface area contributed by atoms with Gasteiger partial charge in [0.1, 0.15) is 5.82 Å². The van der Waals surface area contributed by atoms with Gasteiger partial charge in [0.25, 0.3) is 5.91 Å². The minimum atomic E-state index is -0.595. The topological polar surface area (TPSA) is 47.6 Å². The number of rotatable bonds is 4. The van der Waals surface area contributed by atoms with E-state index < -0.39 is 11.7 Å². The summed E-state index contributed by atoms with van der Waals surface area (Å²) in [6.07, 6.45) is 0. The van der Waals surface area contributed by atoms with E-state index >= 15 is 0 Å². The van der Waals surface area contributed by atoms with Crippen molar-refractivity contribution < 1.29 is 18.7 Å². The number of anilines is 1. The molecule has 0 fully saturated rings. The standard InChI is InChI=1S/C15H13BrFNO3/c1-20-12-7-6-9(8-13(12)21-2)18-15(19)14-10(16)4-3-5-11(14)17/h3-8H,1-2H3,(H,18,19). The number of nitrogens with one attached hydrogen (secondary N) is 1. The summed E-state index contributed by atoms with van der Waals surface area (Å²) in [7, 11) is 3.02. The third kappa shape index (κ3) is 3.33. The predicted molar refractivity (Wildman–Crippen MR) is 81.6 cm³/mol. The molecule has 0 spiro atoms. The molecule has 0 heterocycles. The highest BCUT2D eigenvalue weighted by molar-refractivity contribution is 9.10. The van der Waals surface area contributed by atoms with Crippen LogP contribution in [0.4, 0.5) is 10.1 Å². The van der Waals surface area contributed by atoms with Gasteiger partial charge in [-0.2, -0.15) is 0 Å². The van der Waals surface area contributed by atoms with E-state index in [2.05, 4.69) is 21.2 Å². The maximum Gasteiger partial charge on any atom is 0.259 e. The molecular weight excluding hydrogens is 341 g/mol. The molecule has 2 aromatic carbocycles. The Balaban J connectivity index is 2.28. The first kappa shape index (κ1) is 15.3. The monoisotopic (exact) mass is 353 g/mol. The number of halogens is 2. The average Bonchev–Trinajstić information content (AvgIpc) is 2.46. The number of methoxy groups -OCH3 is 2. The number of hydrogen-bond acceptors (Lipinski definition) is 3. The second-order valence-electron chi connectivity index (χ2n) is 4.12. The number of amides is 1. The van der Waals surface area contributed by atoms with Gasteiger partial charge < -0.3 is 14.8 Å². The number of carbonyl (C=O) groups is 1. The average molecular weight is 354 g/mol. The Hall–Kier alpha value is -2.08. The molecule has 21 heavy (non-hydrogen) atoms. The second kappa shape index (κ2) is 6.58. The molecule has 0 saturated heterocycles. The maximum absolute atomic E-state index is 13.7. The summed E-state index contributed by atoms with van der Waals surface area (Å²) in [6.45, 7) is 0. The number of ether oxygens (including phenoxy) is 2. The van der Waals surface area contributed by atoms with Gasteiger partial charge in [0.2, 0.25) is 0 Å². The van der Waals surface area contributed by atoms with E-state index in [-0.39, 0.29) is 5.56 Å². The van der Waals surface area contributed by atoms with Crippen molar-refractivity contribution in [1.29, 1.82) is 0 Å². The van der Waals surface area contributed by atoms with Gasteiger partial charge >= 0.3 is 0 Å². The number of hydrogen-bond donors (Lipinski definition) is 1. The number of benzene rings is 2. The highest BCUT2D eigenvalue weighted by Gasteiger charge is 2.16. The molecular formula is C15H13BrFNO3. The Morgan fingerprint density at radius 1 is 1.14 bits per heavy atom. The van der Waals surface area contributed by atoms with Crippen LogP contribution in [0, 0.1) is 5.82 Å². The van der Waals surface area contributed by atoms with Crippen LogP contribution in [0.25, 0.3) is 0 Å². The molecule has 1 N–H and O–H groups in total. The van der Waals surface area contributed by atoms with Crippen LogP contribution in [0.3, 0.4) is 0 Å². The molecule has 0 aromatic heterocycles. The molecule has 0 aliphatic carbocycles. The molecule has 110 valence electrons. The molecule has 2 rings (SSSR count). The van der Waals surface area contributed by atoms with Crippen LogP contribution in [0.5, 0.6) is 11.5 Å². The molecule has 0 radical (unpaired) electrons. The Bertz CT molecular complexity index is 656. The molecule has 0 aliphatic heterocycles. The van der Waals surface area contributed by atoms with Gasteiger partial charge in [-0.25, -0.2) is 4.39 Å². The fraction of sp³-hybridized carbons (Fsp3) is 0.133. The zero-order valence-electron chi connectivity index (χ0n) is 11.4. The highest BCUT2D eigenvalue weighted by Crippen LogP contribution is 2.30. The van der Waals surface area contributed by atoms with Crippen LogP contribution in [0.1, 0.15) is 10.4 Å². The van der Waals surface area contributed by atoms with E-state index in [0.717, 1.165) is 0 Å². The van der Waals surface area contributed by atoms with Gasteiger partial charge in [-0.05, 0) is 40.2 Å². The summed E-state index contributed by atoms with van der Waals surface area (Å²) in [5.74, 6) is -0.125. The summed E-state index contributed by atoms with van der Waals surface area (Å²) in [5.41, 5.74) is 0.431. The molecule has 0 saturated carbocycles. The third-order valence-corrected chi connectivity index (χ3v) is 3.49. The fourth-order valence-electron chi connectivity index (χ4n) is 1.82. The Kier molecular flexibility index (Phi) is 4.80. The minimum Gasteiger partial charge on any atom is -0.493 e. The first-order valence-electron chi connectivity index (χ1n) is 6.04. The van der Waals surface area contributed by atoms with E-state index in [4.69, 9.17) is 9.47 Å². The van der Waals surface area contributed by atoms with Crippen molar-refractivity contribution >= 4 is 27.5 Å². The SMILES string of the molecule is COc1ccc(NC(=O)c2c(F)cccc2Br)cc1OC. The van der Waals surface area contributed by atoms with E-state index in [0.29, 0.717) is 21.7 Å². The normalized spacial score (nSPS) is 10.1. The smallest absolute Gasteiger partial charge is 0.259 e. The van der Waals surface area contributed by atoms with E-state index in [9.17, 15) is 9.18 Å². The minimum absolute atomic E-state index is 0.0488. The molecule has 4 nitrogen and oxygen atoms in total. The van der Waals surface area contributed by atoms with Crippen molar-refractivity contribution in [2.24, 2.45) is 0 Å². The second-order valence-corrected chi connectivity index (χ2v) is 4.97. The third-order valence-electron chi connectivity index (χ3n) is 2.83. The van der Waals surface area contributed by atoms with Crippen LogP contribution < -0.4 is 14.8 Å². The lowest BCUT2D eigenvalue weighted by Gasteiger charge is -2.11. The Labute approximate surface area is 130 Å². The highest BCUT2D eigenvalue weighted by atomic mass is 79.9. The first-order chi connectivity index (χ1) is 10.1. The molecule has 0 bridgehead atoms. The summed E-state index contributed by atoms with van der Waals surface area (Å²) in [6, 6.07) is 9.26. The van der Waals surface area contributed by atoms with Crippen molar-refractivity contribution in [3.05, 3.63) is 52.3 Å². The maximum atomic E-state index is 13.7. The van der Waals surface area contributed by atoms with Crippen molar-refractivity contribution in [3.8, 4) is 11.5 Å². The molecule has 6 heteroatoms. The van der Waals surface area contributed by atoms with Gasteiger partial charge in [0.15, 0.2) is 11.5 Å². The molecule has 0 unspecified atom stereocenters. The fourth-order valence-corrected chi connectivity index (χ4v) is 2.34. The quantitative estimate of drug-likeness (QED) is 0.907. The summed E-state index contributed by atoms with van der Waals surface area (Å²) < 4.78 is 24.4. The summed E-state index contributed by atoms with van der Waals surface area (Å²) in [5, 5.41) is 2.62. The van der Waals surface area contributed by atoms with Crippen LogP contribution >= 0.6 is 15.9 Å². The molecule has 0 aliphatic rings. The van der Waals surface area contributed by atoms with Crippen LogP contribution in [0.2, 0.25) is 0 Å². The van der Waals surface area contributed by atoms with E-state index in [1.807, 2.05) is 0 Å². The van der Waals surface area contributed by atoms with Crippen molar-refractivity contribution in [2.45, 2.75) is 0 Å². The van der Waals surface area contributed by atoms with Gasteiger partial charge in [-0.15, -0.1) is 0 Å². The molecule has 1 amide bonds. The van der Waals surface area contributed by atoms with Crippen molar-refractivity contribution in [1.82, 2.24) is 0 Å². The van der Waals surface area contributed by atoms with E-state index in [1.54, 1.807) is 24.3 Å². The lowest BCUT2D eigenvalue weighted by molar-refractivity contribution is 0.102. The largest absolute Gasteiger partial charge is 0.493 e. The molecule has 0 atom stereocenters. The van der Waals surface area contributed by atoms with Crippen molar-refractivity contribution in [3.63, 3.8) is 0 Å². The Morgan fingerprint density at radius 3 is 2.48 bits per heavy atom. The van der Waals surface area contributed by atoms with Crippen LogP contribution in [0.15, 0.2) is 40.9 Å². The Morgan fingerprint density at radius 2 is 1.86 bits per heavy atom. The molecule has 2 aromatic rings. The van der Waals surface area contributed by atoms with Gasteiger partial charge in [-0.3, -0.25) is 4.79 Å². The zero-order valence-corrected chi connectivity index (χ0v) is 13.0. The zero-order chi connectivity index (χ0) is 15.4. The number of carbonyl (C=O) groups excluding carboxylic acids is 1. The van der Waals surface area contributed by atoms with Gasteiger partial charge in [-0.1, -0.05) is 6.07 Å². The lowest BCUT2D eigenvalue weighted by atomic mass is 10.2. The van der Waals surface area contributed by atoms with Crippen molar-refractivity contribution in [2.75, 3.05) is 19.5 Å². The van der Waals surface area contributed by atoms with Gasteiger partial charge in [0.05, 0.1) is 19.8 Å².